The molecule has 1 aliphatic carbocycles. The summed E-state index contributed by atoms with van der Waals surface area (Å²) < 4.78 is 15.7. The first-order chi connectivity index (χ1) is 21.1. The zero-order valence-corrected chi connectivity index (χ0v) is 27.9. The molecule has 0 aromatic heterocycles. The number of unbranched alkanes of at least 4 members (excludes halogenated alkanes) is 3. The van der Waals surface area contributed by atoms with Gasteiger partial charge in [-0.1, -0.05) is 69.0 Å². The second kappa shape index (κ2) is 20.8. The van der Waals surface area contributed by atoms with E-state index in [0.717, 1.165) is 48.3 Å². The van der Waals surface area contributed by atoms with E-state index >= 15 is 0 Å². The Morgan fingerprint density at radius 2 is 1.84 bits per heavy atom. The van der Waals surface area contributed by atoms with E-state index in [-0.39, 0.29) is 55.6 Å². The molecule has 8 nitrogen and oxygen atoms in total. The van der Waals surface area contributed by atoms with Crippen molar-refractivity contribution < 1.29 is 38.8 Å². The third kappa shape index (κ3) is 14.3. The summed E-state index contributed by atoms with van der Waals surface area (Å²) in [6.45, 7) is 6.57. The number of carbonyl (C=O) groups excluding carboxylic acids is 3. The molecule has 0 amide bonds. The number of hydrogen-bond donors (Lipinski definition) is 2. The van der Waals surface area contributed by atoms with E-state index in [2.05, 4.69) is 6.92 Å². The number of ketones is 1. The van der Waals surface area contributed by atoms with Crippen LogP contribution in [0.25, 0.3) is 0 Å². The first-order valence-corrected chi connectivity index (χ1v) is 17.3. The predicted octanol–water partition coefficient (Wildman–Crippen LogP) is 5.85. The van der Waals surface area contributed by atoms with Crippen LogP contribution in [-0.2, 0) is 41.6 Å². The number of aliphatic hydroxyl groups excluding tert-OH is 2. The largest absolute Gasteiger partial charge is 0.462 e. The van der Waals surface area contributed by atoms with Crippen LogP contribution in [0.4, 0.5) is 0 Å². The Balaban J connectivity index is 1.62. The summed E-state index contributed by atoms with van der Waals surface area (Å²) in [5.74, 6) is 0.381. The minimum atomic E-state index is -0.739. The van der Waals surface area contributed by atoms with Gasteiger partial charge in [0.1, 0.15) is 19.0 Å². The summed E-state index contributed by atoms with van der Waals surface area (Å²) in [4.78, 5) is 37.0. The first kappa shape index (κ1) is 38.0. The second-order valence-electron chi connectivity index (χ2n) is 12.4. The number of aliphatic hydroxyl groups is 2. The van der Waals surface area contributed by atoms with Crippen LogP contribution in [0, 0.1) is 17.3 Å². The normalized spacial score (nSPS) is 19.4. The van der Waals surface area contributed by atoms with Gasteiger partial charge in [0.15, 0.2) is 0 Å². The predicted molar refractivity (Wildman–Crippen MR) is 174 cm³/mol. The van der Waals surface area contributed by atoms with Gasteiger partial charge >= 0.3 is 11.9 Å². The molecule has 1 saturated carbocycles. The summed E-state index contributed by atoms with van der Waals surface area (Å²) in [5, 5.41) is 21.0. The number of Topliss-reactive ketones (excluding diaryl/α,β-unsaturated/α-hetero) is 1. The molecule has 0 heterocycles. The number of benzene rings is 1. The molecular formula is C35H54O8S. The van der Waals surface area contributed by atoms with Crippen LogP contribution in [-0.4, -0.2) is 72.0 Å². The Morgan fingerprint density at radius 3 is 2.59 bits per heavy atom. The Kier molecular flexibility index (Phi) is 17.9. The fourth-order valence-corrected chi connectivity index (χ4v) is 6.43. The van der Waals surface area contributed by atoms with Crippen molar-refractivity contribution in [2.75, 3.05) is 31.8 Å². The van der Waals surface area contributed by atoms with Gasteiger partial charge < -0.3 is 24.4 Å². The molecule has 1 aliphatic rings. The highest BCUT2D eigenvalue weighted by Gasteiger charge is 2.39. The summed E-state index contributed by atoms with van der Waals surface area (Å²) in [7, 11) is 1.64. The molecule has 0 aliphatic heterocycles. The van der Waals surface area contributed by atoms with Crippen molar-refractivity contribution in [3.63, 3.8) is 0 Å². The summed E-state index contributed by atoms with van der Waals surface area (Å²) in [6, 6.07) is 7.87. The Labute approximate surface area is 268 Å². The molecule has 4 atom stereocenters. The van der Waals surface area contributed by atoms with Gasteiger partial charge in [0.25, 0.3) is 0 Å². The van der Waals surface area contributed by atoms with Crippen LogP contribution < -0.4 is 0 Å². The van der Waals surface area contributed by atoms with E-state index in [1.807, 2.05) is 38.1 Å². The van der Waals surface area contributed by atoms with E-state index in [1.54, 1.807) is 31.0 Å². The van der Waals surface area contributed by atoms with Gasteiger partial charge in [-0.05, 0) is 55.7 Å². The van der Waals surface area contributed by atoms with Crippen molar-refractivity contribution >= 4 is 29.5 Å². The highest BCUT2D eigenvalue weighted by atomic mass is 32.2. The molecule has 2 N–H and O–H groups in total. The number of thioether (sulfide) groups is 1. The van der Waals surface area contributed by atoms with Crippen molar-refractivity contribution in [2.45, 2.75) is 104 Å². The molecule has 0 unspecified atom stereocenters. The molecule has 0 bridgehead atoms. The number of carbonyl (C=O) groups is 3. The monoisotopic (exact) mass is 634 g/mol. The maximum absolute atomic E-state index is 12.6. The maximum atomic E-state index is 12.6. The lowest BCUT2D eigenvalue weighted by atomic mass is 9.87. The highest BCUT2D eigenvalue weighted by Crippen LogP contribution is 2.34. The standard InChI is InChI=1S/C35H54O8S/c1-5-6-7-8-17-35(2,3)34(40)43-19-18-42-33(39)13-10-20-44-21-16-30-29(31(37)24-32(30)38)15-14-28(36)23-26-11-9-12-27(22-26)25-41-4/h9,11-12,14-15,22,28-31,36-37H,5-8,10,13,16-21,23-25H2,1-4H3/t28-,29-,30-,31-/m1/s1. The van der Waals surface area contributed by atoms with Crippen molar-refractivity contribution in [2.24, 2.45) is 17.3 Å². The van der Waals surface area contributed by atoms with Gasteiger partial charge in [-0.25, -0.2) is 0 Å². The lowest BCUT2D eigenvalue weighted by Gasteiger charge is -2.22. The molecular weight excluding hydrogens is 580 g/mol. The van der Waals surface area contributed by atoms with Crippen LogP contribution >= 0.6 is 11.8 Å². The lowest BCUT2D eigenvalue weighted by molar-refractivity contribution is -0.159. The van der Waals surface area contributed by atoms with Gasteiger partial charge in [-0.15, -0.1) is 0 Å². The fourth-order valence-electron chi connectivity index (χ4n) is 5.46. The van der Waals surface area contributed by atoms with Crippen LogP contribution in [0.3, 0.4) is 0 Å². The Bertz CT molecular complexity index is 1040. The maximum Gasteiger partial charge on any atom is 0.311 e. The van der Waals surface area contributed by atoms with Crippen molar-refractivity contribution in [3.05, 3.63) is 47.5 Å². The fraction of sp³-hybridized carbons (Fsp3) is 0.686. The zero-order valence-electron chi connectivity index (χ0n) is 27.1. The van der Waals surface area contributed by atoms with E-state index in [9.17, 15) is 24.6 Å². The highest BCUT2D eigenvalue weighted by molar-refractivity contribution is 7.99. The third-order valence-corrected chi connectivity index (χ3v) is 9.17. The SMILES string of the molecule is CCCCCCC(C)(C)C(=O)OCCOC(=O)CCCSCC[C@H]1C(=O)C[C@@H](O)[C@@H]1C=C[C@@H](O)Cc1cccc(COC)c1. The topological polar surface area (TPSA) is 119 Å². The average Bonchev–Trinajstić information content (AvgIpc) is 3.25. The van der Waals surface area contributed by atoms with Crippen LogP contribution in [0.2, 0.25) is 0 Å². The van der Waals surface area contributed by atoms with Gasteiger partial charge in [0.2, 0.25) is 0 Å². The second-order valence-corrected chi connectivity index (χ2v) is 13.6. The number of esters is 2. The number of methoxy groups -OCH3 is 1. The van der Waals surface area contributed by atoms with Crippen LogP contribution in [0.1, 0.15) is 89.7 Å². The van der Waals surface area contributed by atoms with E-state index in [4.69, 9.17) is 14.2 Å². The van der Waals surface area contributed by atoms with Gasteiger partial charge in [-0.2, -0.15) is 11.8 Å². The summed E-state index contributed by atoms with van der Waals surface area (Å²) in [5.41, 5.74) is 1.50. The van der Waals surface area contributed by atoms with Crippen LogP contribution in [0.15, 0.2) is 36.4 Å². The number of rotatable bonds is 22. The first-order valence-electron chi connectivity index (χ1n) is 16.1. The minimum Gasteiger partial charge on any atom is -0.462 e. The van der Waals surface area contributed by atoms with Crippen molar-refractivity contribution in [3.8, 4) is 0 Å². The van der Waals surface area contributed by atoms with E-state index in [0.29, 0.717) is 25.9 Å². The Morgan fingerprint density at radius 1 is 1.09 bits per heavy atom. The van der Waals surface area contributed by atoms with Crippen LogP contribution in [0.5, 0.6) is 0 Å². The molecule has 0 saturated heterocycles. The zero-order chi connectivity index (χ0) is 32.4. The number of ether oxygens (including phenoxy) is 3. The molecule has 2 rings (SSSR count). The molecule has 0 spiro atoms. The van der Waals surface area contributed by atoms with Gasteiger partial charge in [0.05, 0.1) is 24.2 Å². The third-order valence-electron chi connectivity index (χ3n) is 8.07. The molecule has 44 heavy (non-hydrogen) atoms. The van der Waals surface area contributed by atoms with Gasteiger partial charge in [-0.3, -0.25) is 14.4 Å². The summed E-state index contributed by atoms with van der Waals surface area (Å²) in [6.07, 6.45) is 9.39. The lowest BCUT2D eigenvalue weighted by Crippen LogP contribution is -2.28. The summed E-state index contributed by atoms with van der Waals surface area (Å²) >= 11 is 1.67. The minimum absolute atomic E-state index is 0.0543. The molecule has 1 aromatic rings. The molecule has 1 fully saturated rings. The molecule has 9 heteroatoms. The smallest absolute Gasteiger partial charge is 0.311 e. The molecule has 0 radical (unpaired) electrons. The molecule has 248 valence electrons. The van der Waals surface area contributed by atoms with Crippen molar-refractivity contribution in [1.29, 1.82) is 0 Å². The Hall–Kier alpha value is -2.20. The van der Waals surface area contributed by atoms with Crippen molar-refractivity contribution in [1.82, 2.24) is 0 Å². The van der Waals surface area contributed by atoms with Gasteiger partial charge in [0, 0.05) is 38.2 Å². The van der Waals surface area contributed by atoms with E-state index in [1.165, 1.54) is 6.42 Å². The number of hydrogen-bond acceptors (Lipinski definition) is 9. The molecule has 1 aromatic carbocycles. The van der Waals surface area contributed by atoms with E-state index < -0.39 is 17.6 Å². The average molecular weight is 635 g/mol. The quantitative estimate of drug-likeness (QED) is 0.0920.